The highest BCUT2D eigenvalue weighted by molar-refractivity contribution is 5.07. The summed E-state index contributed by atoms with van der Waals surface area (Å²) in [6.07, 6.45) is 4.83. The third-order valence-corrected chi connectivity index (χ3v) is 2.33. The van der Waals surface area contributed by atoms with Crippen LogP contribution in [0.5, 0.6) is 0 Å². The van der Waals surface area contributed by atoms with Crippen molar-refractivity contribution in [1.29, 1.82) is 0 Å². The van der Waals surface area contributed by atoms with Crippen LogP contribution in [0.1, 0.15) is 38.4 Å². The first-order valence-corrected chi connectivity index (χ1v) is 5.56. The minimum atomic E-state index is -0.411. The monoisotopic (exact) mass is 212 g/mol. The standard InChI is InChI=1S/C11H20N2O2/c1-3-13-9-10(8-12-13)11(14)6-5-7-15-4-2/h8-9,11,14H,3-7H2,1-2H3. The summed E-state index contributed by atoms with van der Waals surface area (Å²) in [7, 11) is 0. The van der Waals surface area contributed by atoms with Gasteiger partial charge in [0.05, 0.1) is 12.3 Å². The topological polar surface area (TPSA) is 47.3 Å². The van der Waals surface area contributed by atoms with Crippen LogP contribution in [0.4, 0.5) is 0 Å². The van der Waals surface area contributed by atoms with Gasteiger partial charge in [-0.15, -0.1) is 0 Å². The minimum Gasteiger partial charge on any atom is -0.388 e. The third kappa shape index (κ3) is 4.01. The summed E-state index contributed by atoms with van der Waals surface area (Å²) in [6, 6.07) is 0. The molecule has 0 spiro atoms. The van der Waals surface area contributed by atoms with Crippen molar-refractivity contribution in [1.82, 2.24) is 9.78 Å². The van der Waals surface area contributed by atoms with Crippen molar-refractivity contribution in [2.24, 2.45) is 0 Å². The molecule has 15 heavy (non-hydrogen) atoms. The molecule has 0 radical (unpaired) electrons. The maximum absolute atomic E-state index is 9.82. The van der Waals surface area contributed by atoms with Gasteiger partial charge in [0.15, 0.2) is 0 Å². The molecule has 0 aliphatic rings. The van der Waals surface area contributed by atoms with Crippen molar-refractivity contribution in [3.63, 3.8) is 0 Å². The van der Waals surface area contributed by atoms with E-state index in [0.29, 0.717) is 0 Å². The van der Waals surface area contributed by atoms with Crippen LogP contribution in [0, 0.1) is 0 Å². The Morgan fingerprint density at radius 1 is 1.53 bits per heavy atom. The molecule has 0 saturated heterocycles. The predicted molar refractivity (Wildman–Crippen MR) is 58.6 cm³/mol. The van der Waals surface area contributed by atoms with E-state index < -0.39 is 6.10 Å². The Bertz CT molecular complexity index is 273. The van der Waals surface area contributed by atoms with Crippen molar-refractivity contribution in [2.45, 2.75) is 39.3 Å². The Kier molecular flexibility index (Phi) is 5.36. The molecular weight excluding hydrogens is 192 g/mol. The molecular formula is C11H20N2O2. The number of hydrogen-bond acceptors (Lipinski definition) is 3. The Morgan fingerprint density at radius 3 is 2.93 bits per heavy atom. The van der Waals surface area contributed by atoms with Crippen LogP contribution in [0.2, 0.25) is 0 Å². The van der Waals surface area contributed by atoms with Crippen LogP contribution in [-0.2, 0) is 11.3 Å². The Balaban J connectivity index is 2.29. The summed E-state index contributed by atoms with van der Waals surface area (Å²) in [5.74, 6) is 0. The van der Waals surface area contributed by atoms with Crippen LogP contribution in [0.3, 0.4) is 0 Å². The summed E-state index contributed by atoms with van der Waals surface area (Å²) < 4.78 is 7.03. The van der Waals surface area contributed by atoms with Gasteiger partial charge in [0.25, 0.3) is 0 Å². The number of hydrogen-bond donors (Lipinski definition) is 1. The molecule has 0 aliphatic carbocycles. The normalized spacial score (nSPS) is 13.0. The molecule has 0 bridgehead atoms. The molecule has 1 aromatic rings. The molecule has 1 aromatic heterocycles. The molecule has 86 valence electrons. The second-order valence-electron chi connectivity index (χ2n) is 3.48. The lowest BCUT2D eigenvalue weighted by molar-refractivity contribution is 0.114. The lowest BCUT2D eigenvalue weighted by Crippen LogP contribution is -2.00. The highest BCUT2D eigenvalue weighted by atomic mass is 16.5. The zero-order valence-corrected chi connectivity index (χ0v) is 9.52. The zero-order chi connectivity index (χ0) is 11.1. The average Bonchev–Trinajstić information content (AvgIpc) is 2.72. The Labute approximate surface area is 90.9 Å². The number of rotatable bonds is 7. The van der Waals surface area contributed by atoms with E-state index in [2.05, 4.69) is 5.10 Å². The Morgan fingerprint density at radius 2 is 2.33 bits per heavy atom. The van der Waals surface area contributed by atoms with Gasteiger partial charge in [-0.05, 0) is 26.7 Å². The van der Waals surface area contributed by atoms with Gasteiger partial charge < -0.3 is 9.84 Å². The summed E-state index contributed by atoms with van der Waals surface area (Å²) in [5, 5.41) is 13.9. The highest BCUT2D eigenvalue weighted by Gasteiger charge is 2.09. The molecule has 1 unspecified atom stereocenters. The minimum absolute atomic E-state index is 0.411. The van der Waals surface area contributed by atoms with Gasteiger partial charge in [0, 0.05) is 31.5 Å². The molecule has 0 saturated carbocycles. The van der Waals surface area contributed by atoms with Crippen LogP contribution in [0.15, 0.2) is 12.4 Å². The van der Waals surface area contributed by atoms with Gasteiger partial charge in [0.1, 0.15) is 0 Å². The predicted octanol–water partition coefficient (Wildman–Crippen LogP) is 1.75. The number of aromatic nitrogens is 2. The van der Waals surface area contributed by atoms with E-state index in [1.165, 1.54) is 0 Å². The number of aliphatic hydroxyl groups is 1. The number of aryl methyl sites for hydroxylation is 1. The van der Waals surface area contributed by atoms with E-state index in [-0.39, 0.29) is 0 Å². The summed E-state index contributed by atoms with van der Waals surface area (Å²) in [5.41, 5.74) is 0.897. The van der Waals surface area contributed by atoms with Crippen LogP contribution in [0.25, 0.3) is 0 Å². The van der Waals surface area contributed by atoms with Gasteiger partial charge in [-0.2, -0.15) is 5.10 Å². The molecule has 1 rings (SSSR count). The maximum Gasteiger partial charge on any atom is 0.0821 e. The lowest BCUT2D eigenvalue weighted by Gasteiger charge is -2.07. The second kappa shape index (κ2) is 6.58. The SMILES string of the molecule is CCOCCCC(O)c1cnn(CC)c1. The van der Waals surface area contributed by atoms with E-state index in [4.69, 9.17) is 4.74 Å². The molecule has 0 aliphatic heterocycles. The third-order valence-electron chi connectivity index (χ3n) is 2.33. The summed E-state index contributed by atoms with van der Waals surface area (Å²) in [6.45, 7) is 6.30. The van der Waals surface area contributed by atoms with Gasteiger partial charge >= 0.3 is 0 Å². The number of ether oxygens (including phenoxy) is 1. The second-order valence-corrected chi connectivity index (χ2v) is 3.48. The first kappa shape index (κ1) is 12.2. The molecule has 4 nitrogen and oxygen atoms in total. The van der Waals surface area contributed by atoms with Crippen molar-refractivity contribution in [2.75, 3.05) is 13.2 Å². The number of aliphatic hydroxyl groups excluding tert-OH is 1. The van der Waals surface area contributed by atoms with E-state index >= 15 is 0 Å². The zero-order valence-electron chi connectivity index (χ0n) is 9.52. The van der Waals surface area contributed by atoms with Crippen LogP contribution < -0.4 is 0 Å². The summed E-state index contributed by atoms with van der Waals surface area (Å²) in [4.78, 5) is 0. The fourth-order valence-electron chi connectivity index (χ4n) is 1.41. The van der Waals surface area contributed by atoms with Gasteiger partial charge in [-0.3, -0.25) is 4.68 Å². The van der Waals surface area contributed by atoms with Crippen molar-refractivity contribution in [3.8, 4) is 0 Å². The summed E-state index contributed by atoms with van der Waals surface area (Å²) >= 11 is 0. The highest BCUT2D eigenvalue weighted by Crippen LogP contribution is 2.17. The Hall–Kier alpha value is -0.870. The molecule has 1 heterocycles. The molecule has 0 aromatic carbocycles. The molecule has 0 amide bonds. The van der Waals surface area contributed by atoms with Gasteiger partial charge in [0.2, 0.25) is 0 Å². The van der Waals surface area contributed by atoms with Crippen LogP contribution in [-0.4, -0.2) is 28.1 Å². The van der Waals surface area contributed by atoms with Crippen molar-refractivity contribution in [3.05, 3.63) is 18.0 Å². The maximum atomic E-state index is 9.82. The molecule has 1 atom stereocenters. The fourth-order valence-corrected chi connectivity index (χ4v) is 1.41. The van der Waals surface area contributed by atoms with E-state index in [1.54, 1.807) is 6.20 Å². The molecule has 1 N–H and O–H groups in total. The number of nitrogens with zero attached hydrogens (tertiary/aromatic N) is 2. The smallest absolute Gasteiger partial charge is 0.0821 e. The van der Waals surface area contributed by atoms with Gasteiger partial charge in [-0.1, -0.05) is 0 Å². The molecule has 0 fully saturated rings. The fraction of sp³-hybridized carbons (Fsp3) is 0.727. The van der Waals surface area contributed by atoms with E-state index in [1.807, 2.05) is 24.7 Å². The first-order chi connectivity index (χ1) is 7.27. The lowest BCUT2D eigenvalue weighted by atomic mass is 10.1. The van der Waals surface area contributed by atoms with E-state index in [0.717, 1.165) is 38.2 Å². The van der Waals surface area contributed by atoms with Crippen molar-refractivity contribution >= 4 is 0 Å². The largest absolute Gasteiger partial charge is 0.388 e. The average molecular weight is 212 g/mol. The quantitative estimate of drug-likeness (QED) is 0.700. The van der Waals surface area contributed by atoms with Crippen molar-refractivity contribution < 1.29 is 9.84 Å². The van der Waals surface area contributed by atoms with Crippen LogP contribution >= 0.6 is 0 Å². The first-order valence-electron chi connectivity index (χ1n) is 5.56. The van der Waals surface area contributed by atoms with Gasteiger partial charge in [-0.25, -0.2) is 0 Å². The van der Waals surface area contributed by atoms with E-state index in [9.17, 15) is 5.11 Å². The molecule has 4 heteroatoms.